The number of ether oxygens (including phenoxy) is 1. The van der Waals surface area contributed by atoms with Crippen molar-refractivity contribution in [1.82, 2.24) is 9.38 Å². The van der Waals surface area contributed by atoms with E-state index in [1.807, 2.05) is 0 Å². The van der Waals surface area contributed by atoms with Crippen molar-refractivity contribution in [3.63, 3.8) is 0 Å². The first kappa shape index (κ1) is 15.8. The molecule has 0 saturated carbocycles. The molecule has 0 unspecified atom stereocenters. The number of esters is 1. The van der Waals surface area contributed by atoms with Gasteiger partial charge in [-0.25, -0.2) is 4.79 Å². The van der Waals surface area contributed by atoms with E-state index in [4.69, 9.17) is 16.3 Å². The Morgan fingerprint density at radius 3 is 2.71 bits per heavy atom. The lowest BCUT2D eigenvalue weighted by atomic mass is 10.1. The van der Waals surface area contributed by atoms with E-state index < -0.39 is 11.5 Å². The molecule has 2 aromatic heterocycles. The number of fused-ring (bicyclic) bond motifs is 1. The molecule has 0 aliphatic rings. The molecule has 0 saturated heterocycles. The van der Waals surface area contributed by atoms with Gasteiger partial charge in [0.1, 0.15) is 22.8 Å². The molecule has 0 spiro atoms. The number of H-pyrrole nitrogens is 1. The lowest BCUT2D eigenvalue weighted by Crippen LogP contribution is -2.23. The molecular weight excluding hydrogens is 330 g/mol. The standard InChI is InChI=1S/C17H12ClN3O3/c1-2-24-17(23)13-8-20-15-12(7-19)14(9-21(15)16(13)22)10-3-5-11(18)6-4-10/h3-6,8-9,20H,2H2,1H3. The lowest BCUT2D eigenvalue weighted by molar-refractivity contribution is 0.0523. The Bertz CT molecular complexity index is 1030. The third-order valence-corrected chi connectivity index (χ3v) is 3.82. The number of aromatic amines is 1. The van der Waals surface area contributed by atoms with Crippen LogP contribution in [0.2, 0.25) is 5.02 Å². The average Bonchev–Trinajstić information content (AvgIpc) is 2.95. The third-order valence-electron chi connectivity index (χ3n) is 3.57. The number of aromatic nitrogens is 2. The molecular formula is C17H12ClN3O3. The number of nitriles is 1. The predicted molar refractivity (Wildman–Crippen MR) is 89.1 cm³/mol. The Morgan fingerprint density at radius 1 is 1.38 bits per heavy atom. The molecule has 0 atom stereocenters. The predicted octanol–water partition coefficient (Wildman–Crippen LogP) is 3.00. The molecule has 120 valence electrons. The summed E-state index contributed by atoms with van der Waals surface area (Å²) in [6.07, 6.45) is 2.79. The average molecular weight is 342 g/mol. The topological polar surface area (TPSA) is 87.4 Å². The zero-order chi connectivity index (χ0) is 17.3. The highest BCUT2D eigenvalue weighted by Crippen LogP contribution is 2.27. The summed E-state index contributed by atoms with van der Waals surface area (Å²) < 4.78 is 6.11. The zero-order valence-electron chi connectivity index (χ0n) is 12.7. The highest BCUT2D eigenvalue weighted by atomic mass is 35.5. The Kier molecular flexibility index (Phi) is 4.11. The van der Waals surface area contributed by atoms with Gasteiger partial charge in [0, 0.05) is 23.0 Å². The van der Waals surface area contributed by atoms with Gasteiger partial charge in [-0.05, 0) is 24.6 Å². The summed E-state index contributed by atoms with van der Waals surface area (Å²) in [5, 5.41) is 10.0. The van der Waals surface area contributed by atoms with E-state index in [9.17, 15) is 14.9 Å². The van der Waals surface area contributed by atoms with E-state index in [-0.39, 0.29) is 12.2 Å². The van der Waals surface area contributed by atoms with Crippen molar-refractivity contribution in [1.29, 1.82) is 5.26 Å². The van der Waals surface area contributed by atoms with Crippen LogP contribution >= 0.6 is 11.6 Å². The Labute approximate surface area is 141 Å². The second-order valence-corrected chi connectivity index (χ2v) is 5.42. The molecule has 2 heterocycles. The van der Waals surface area contributed by atoms with Crippen molar-refractivity contribution < 1.29 is 9.53 Å². The van der Waals surface area contributed by atoms with Crippen LogP contribution in [0.3, 0.4) is 0 Å². The smallest absolute Gasteiger partial charge is 0.345 e. The fraction of sp³-hybridized carbons (Fsp3) is 0.118. The van der Waals surface area contributed by atoms with Gasteiger partial charge in [0.05, 0.1) is 6.61 Å². The van der Waals surface area contributed by atoms with Gasteiger partial charge in [0.25, 0.3) is 5.56 Å². The molecule has 7 heteroatoms. The fourth-order valence-corrected chi connectivity index (χ4v) is 2.58. The fourth-order valence-electron chi connectivity index (χ4n) is 2.46. The second kappa shape index (κ2) is 6.22. The Balaban J connectivity index is 2.25. The molecule has 6 nitrogen and oxygen atoms in total. The SMILES string of the molecule is CCOC(=O)c1c[nH]c2c(C#N)c(-c3ccc(Cl)cc3)cn2c1=O. The van der Waals surface area contributed by atoms with Crippen LogP contribution in [0.5, 0.6) is 0 Å². The van der Waals surface area contributed by atoms with E-state index >= 15 is 0 Å². The van der Waals surface area contributed by atoms with Crippen LogP contribution < -0.4 is 5.56 Å². The van der Waals surface area contributed by atoms with E-state index in [1.54, 1.807) is 31.2 Å². The van der Waals surface area contributed by atoms with Gasteiger partial charge < -0.3 is 9.72 Å². The first-order valence-electron chi connectivity index (χ1n) is 7.16. The number of benzene rings is 1. The molecule has 0 fully saturated rings. The van der Waals surface area contributed by atoms with Crippen LogP contribution in [0.1, 0.15) is 22.8 Å². The number of hydrogen-bond donors (Lipinski definition) is 1. The largest absolute Gasteiger partial charge is 0.462 e. The highest BCUT2D eigenvalue weighted by Gasteiger charge is 2.19. The summed E-state index contributed by atoms with van der Waals surface area (Å²) in [5.41, 5.74) is 1.28. The van der Waals surface area contributed by atoms with Crippen LogP contribution in [0, 0.1) is 11.3 Å². The Hall–Kier alpha value is -3.04. The molecule has 24 heavy (non-hydrogen) atoms. The Morgan fingerprint density at radius 2 is 2.08 bits per heavy atom. The molecule has 0 aliphatic heterocycles. The van der Waals surface area contributed by atoms with Gasteiger partial charge in [-0.3, -0.25) is 9.20 Å². The van der Waals surface area contributed by atoms with E-state index in [0.717, 1.165) is 5.56 Å². The molecule has 1 aromatic carbocycles. The maximum atomic E-state index is 12.5. The van der Waals surface area contributed by atoms with Gasteiger partial charge in [0.2, 0.25) is 0 Å². The quantitative estimate of drug-likeness (QED) is 0.742. The first-order valence-corrected chi connectivity index (χ1v) is 7.54. The molecule has 0 aliphatic carbocycles. The lowest BCUT2D eigenvalue weighted by Gasteiger charge is -2.02. The van der Waals surface area contributed by atoms with Gasteiger partial charge in [-0.1, -0.05) is 23.7 Å². The van der Waals surface area contributed by atoms with Gasteiger partial charge in [0.15, 0.2) is 0 Å². The molecule has 0 radical (unpaired) electrons. The van der Waals surface area contributed by atoms with Crippen LogP contribution in [0.15, 0.2) is 41.5 Å². The molecule has 1 N–H and O–H groups in total. The van der Waals surface area contributed by atoms with Crippen molar-refractivity contribution in [3.05, 3.63) is 63.2 Å². The number of carbonyl (C=O) groups is 1. The van der Waals surface area contributed by atoms with Gasteiger partial charge in [-0.2, -0.15) is 5.26 Å². The van der Waals surface area contributed by atoms with Crippen molar-refractivity contribution in [2.75, 3.05) is 6.61 Å². The maximum absolute atomic E-state index is 12.5. The molecule has 0 amide bonds. The van der Waals surface area contributed by atoms with Crippen LogP contribution in [0.4, 0.5) is 0 Å². The van der Waals surface area contributed by atoms with E-state index in [2.05, 4.69) is 11.1 Å². The maximum Gasteiger partial charge on any atom is 0.345 e. The summed E-state index contributed by atoms with van der Waals surface area (Å²) in [6, 6.07) is 9.01. The number of nitrogens with zero attached hydrogens (tertiary/aromatic N) is 2. The monoisotopic (exact) mass is 341 g/mol. The summed E-state index contributed by atoms with van der Waals surface area (Å²) in [4.78, 5) is 27.2. The molecule has 3 rings (SSSR count). The van der Waals surface area contributed by atoms with Crippen LogP contribution in [-0.2, 0) is 4.74 Å². The second-order valence-electron chi connectivity index (χ2n) is 4.98. The summed E-state index contributed by atoms with van der Waals surface area (Å²) in [5.74, 6) is -0.707. The minimum atomic E-state index is -0.707. The summed E-state index contributed by atoms with van der Waals surface area (Å²) >= 11 is 5.88. The minimum absolute atomic E-state index is 0.119. The summed E-state index contributed by atoms with van der Waals surface area (Å²) in [7, 11) is 0. The van der Waals surface area contributed by atoms with Crippen molar-refractivity contribution in [2.45, 2.75) is 6.92 Å². The van der Waals surface area contributed by atoms with Gasteiger partial charge in [-0.15, -0.1) is 0 Å². The minimum Gasteiger partial charge on any atom is -0.462 e. The zero-order valence-corrected chi connectivity index (χ0v) is 13.4. The van der Waals surface area contributed by atoms with Crippen molar-refractivity contribution in [3.8, 4) is 17.2 Å². The van der Waals surface area contributed by atoms with Gasteiger partial charge >= 0.3 is 5.97 Å². The third kappa shape index (κ3) is 2.55. The van der Waals surface area contributed by atoms with Crippen LogP contribution in [-0.4, -0.2) is 22.0 Å². The number of carbonyl (C=O) groups excluding carboxylic acids is 1. The van der Waals surface area contributed by atoms with E-state index in [1.165, 1.54) is 16.8 Å². The highest BCUT2D eigenvalue weighted by molar-refractivity contribution is 6.30. The summed E-state index contributed by atoms with van der Waals surface area (Å²) in [6.45, 7) is 1.83. The number of rotatable bonds is 3. The van der Waals surface area contributed by atoms with E-state index in [0.29, 0.717) is 21.8 Å². The molecule has 3 aromatic rings. The number of halogens is 1. The van der Waals surface area contributed by atoms with Crippen molar-refractivity contribution in [2.24, 2.45) is 0 Å². The number of hydrogen-bond acceptors (Lipinski definition) is 4. The number of nitrogens with one attached hydrogen (secondary N) is 1. The van der Waals surface area contributed by atoms with Crippen molar-refractivity contribution >= 4 is 23.2 Å². The first-order chi connectivity index (χ1) is 11.6. The van der Waals surface area contributed by atoms with Crippen LogP contribution in [0.25, 0.3) is 16.8 Å². The normalized spacial score (nSPS) is 10.5. The molecule has 0 bridgehead atoms.